The minimum absolute atomic E-state index is 0.126. The van der Waals surface area contributed by atoms with Gasteiger partial charge in [0.15, 0.2) is 0 Å². The van der Waals surface area contributed by atoms with Crippen LogP contribution in [0.4, 0.5) is 0 Å². The number of likely N-dealkylation sites (tertiary alicyclic amines) is 1. The fourth-order valence-corrected chi connectivity index (χ4v) is 3.91. The summed E-state index contributed by atoms with van der Waals surface area (Å²) in [6.07, 6.45) is 2.40. The van der Waals surface area contributed by atoms with Gasteiger partial charge >= 0.3 is 0 Å². The fourth-order valence-electron chi connectivity index (χ4n) is 3.91. The molecule has 0 radical (unpaired) electrons. The van der Waals surface area contributed by atoms with E-state index in [1.54, 1.807) is 0 Å². The number of benzene rings is 1. The van der Waals surface area contributed by atoms with Crippen molar-refractivity contribution >= 4 is 17.7 Å². The Labute approximate surface area is 153 Å². The summed E-state index contributed by atoms with van der Waals surface area (Å²) in [5.41, 5.74) is 2.35. The second kappa shape index (κ2) is 7.99. The van der Waals surface area contributed by atoms with Crippen LogP contribution in [0.1, 0.15) is 43.2 Å². The monoisotopic (exact) mass is 358 g/mol. The Morgan fingerprint density at radius 1 is 1.15 bits per heavy atom. The van der Waals surface area contributed by atoms with Crippen LogP contribution in [0.25, 0.3) is 0 Å². The first-order chi connectivity index (χ1) is 12.5. The highest BCUT2D eigenvalue weighted by molar-refractivity contribution is 6.02. The molecule has 2 saturated heterocycles. The Morgan fingerprint density at radius 2 is 1.81 bits per heavy atom. The molecule has 1 N–H and O–H groups in total. The van der Waals surface area contributed by atoms with Crippen molar-refractivity contribution in [3.05, 3.63) is 35.4 Å². The van der Waals surface area contributed by atoms with Crippen molar-refractivity contribution in [1.29, 1.82) is 0 Å². The number of nitrogens with zero attached hydrogens (tertiary/aromatic N) is 1. The minimum atomic E-state index is -0.177. The quantitative estimate of drug-likeness (QED) is 0.786. The molecule has 26 heavy (non-hydrogen) atoms. The molecule has 1 aromatic rings. The van der Waals surface area contributed by atoms with Crippen LogP contribution >= 0.6 is 0 Å². The fraction of sp³-hybridized carbons (Fsp3) is 0.550. The molecule has 2 heterocycles. The number of hydrogen-bond acceptors (Lipinski definition) is 4. The van der Waals surface area contributed by atoms with Gasteiger partial charge in [-0.1, -0.05) is 24.3 Å². The maximum Gasteiger partial charge on any atom is 0.229 e. The lowest BCUT2D eigenvalue weighted by atomic mass is 9.72. The van der Waals surface area contributed by atoms with Crippen LogP contribution in [0.5, 0.6) is 0 Å². The number of rotatable bonds is 6. The first-order valence-electron chi connectivity index (χ1n) is 9.26. The molecule has 0 aliphatic carbocycles. The second-order valence-corrected chi connectivity index (χ2v) is 7.17. The third-order valence-electron chi connectivity index (χ3n) is 5.51. The van der Waals surface area contributed by atoms with E-state index in [0.717, 1.165) is 12.8 Å². The number of nitrogens with one attached hydrogen (secondary N) is 1. The molecular formula is C20H26N2O4. The van der Waals surface area contributed by atoms with Crippen LogP contribution in [0.2, 0.25) is 0 Å². The van der Waals surface area contributed by atoms with E-state index in [4.69, 9.17) is 4.74 Å². The van der Waals surface area contributed by atoms with Crippen molar-refractivity contribution in [2.24, 2.45) is 0 Å². The molecule has 6 nitrogen and oxygen atoms in total. The number of aryl methyl sites for hydroxylation is 1. The number of imide groups is 1. The highest BCUT2D eigenvalue weighted by atomic mass is 16.5. The summed E-state index contributed by atoms with van der Waals surface area (Å²) in [6.45, 7) is 4.17. The van der Waals surface area contributed by atoms with Gasteiger partial charge in [0.05, 0.1) is 0 Å². The van der Waals surface area contributed by atoms with Gasteiger partial charge < -0.3 is 10.1 Å². The first kappa shape index (κ1) is 18.6. The maximum atomic E-state index is 12.3. The van der Waals surface area contributed by atoms with Crippen molar-refractivity contribution in [3.63, 3.8) is 0 Å². The number of carbonyl (C=O) groups excluding carboxylic acids is 3. The number of carbonyl (C=O) groups is 3. The molecule has 0 atom stereocenters. The summed E-state index contributed by atoms with van der Waals surface area (Å²) < 4.78 is 5.54. The van der Waals surface area contributed by atoms with Gasteiger partial charge in [-0.3, -0.25) is 19.3 Å². The molecule has 6 heteroatoms. The van der Waals surface area contributed by atoms with Crippen molar-refractivity contribution in [2.45, 2.75) is 44.4 Å². The lowest BCUT2D eigenvalue weighted by Gasteiger charge is -2.39. The summed E-state index contributed by atoms with van der Waals surface area (Å²) in [6, 6.07) is 8.29. The van der Waals surface area contributed by atoms with Crippen molar-refractivity contribution in [3.8, 4) is 0 Å². The lowest BCUT2D eigenvalue weighted by molar-refractivity contribution is -0.138. The summed E-state index contributed by atoms with van der Waals surface area (Å²) in [5, 5.41) is 3.03. The molecule has 3 rings (SSSR count). The highest BCUT2D eigenvalue weighted by Crippen LogP contribution is 2.36. The van der Waals surface area contributed by atoms with Gasteiger partial charge in [-0.25, -0.2) is 0 Å². The van der Waals surface area contributed by atoms with E-state index in [-0.39, 0.29) is 48.9 Å². The molecule has 2 aliphatic rings. The van der Waals surface area contributed by atoms with Crippen LogP contribution in [-0.2, 0) is 24.5 Å². The third-order valence-corrected chi connectivity index (χ3v) is 5.51. The molecule has 2 fully saturated rings. The van der Waals surface area contributed by atoms with E-state index >= 15 is 0 Å². The van der Waals surface area contributed by atoms with E-state index in [1.165, 1.54) is 16.0 Å². The molecule has 3 amide bonds. The molecule has 0 spiro atoms. The van der Waals surface area contributed by atoms with Crippen molar-refractivity contribution in [2.75, 3.05) is 26.3 Å². The maximum absolute atomic E-state index is 12.3. The van der Waals surface area contributed by atoms with Crippen LogP contribution in [0.15, 0.2) is 24.3 Å². The van der Waals surface area contributed by atoms with Gasteiger partial charge in [-0.05, 0) is 30.9 Å². The topological polar surface area (TPSA) is 75.7 Å². The third kappa shape index (κ3) is 3.96. The Hall–Kier alpha value is -2.21. The summed E-state index contributed by atoms with van der Waals surface area (Å²) in [7, 11) is 0. The van der Waals surface area contributed by atoms with E-state index < -0.39 is 0 Å². The average Bonchev–Trinajstić information content (AvgIpc) is 2.97. The molecule has 2 aliphatic heterocycles. The zero-order valence-electron chi connectivity index (χ0n) is 15.3. The van der Waals surface area contributed by atoms with Gasteiger partial charge in [0, 0.05) is 51.0 Å². The van der Waals surface area contributed by atoms with E-state index in [0.29, 0.717) is 19.8 Å². The molecule has 0 saturated carbocycles. The Balaban J connectivity index is 1.61. The summed E-state index contributed by atoms with van der Waals surface area (Å²) >= 11 is 0. The van der Waals surface area contributed by atoms with E-state index in [9.17, 15) is 14.4 Å². The minimum Gasteiger partial charge on any atom is -0.381 e. The van der Waals surface area contributed by atoms with Crippen LogP contribution in [0.3, 0.4) is 0 Å². The Bertz CT molecular complexity index is 679. The normalized spacial score (nSPS) is 19.7. The smallest absolute Gasteiger partial charge is 0.229 e. The van der Waals surface area contributed by atoms with Gasteiger partial charge in [0.1, 0.15) is 0 Å². The van der Waals surface area contributed by atoms with E-state index in [2.05, 4.69) is 24.4 Å². The summed E-state index contributed by atoms with van der Waals surface area (Å²) in [5.74, 6) is -0.482. The largest absolute Gasteiger partial charge is 0.381 e. The van der Waals surface area contributed by atoms with Crippen LogP contribution in [-0.4, -0.2) is 48.9 Å². The van der Waals surface area contributed by atoms with Crippen LogP contribution in [0, 0.1) is 6.92 Å². The molecule has 0 bridgehead atoms. The highest BCUT2D eigenvalue weighted by Gasteiger charge is 2.36. The van der Waals surface area contributed by atoms with Gasteiger partial charge in [-0.15, -0.1) is 0 Å². The standard InChI is InChI=1S/C20H26N2O4/c1-15-4-2-3-5-16(15)20(9-12-26-13-10-20)14-21-17(23)8-11-22-18(24)6-7-19(22)25/h2-5H,6-14H2,1H3,(H,21,23). The molecule has 1 aromatic carbocycles. The first-order valence-corrected chi connectivity index (χ1v) is 9.26. The van der Waals surface area contributed by atoms with Gasteiger partial charge in [-0.2, -0.15) is 0 Å². The molecular weight excluding hydrogens is 332 g/mol. The van der Waals surface area contributed by atoms with Gasteiger partial charge in [0.2, 0.25) is 17.7 Å². The lowest BCUT2D eigenvalue weighted by Crippen LogP contribution is -2.45. The Kier molecular flexibility index (Phi) is 5.71. The Morgan fingerprint density at radius 3 is 2.46 bits per heavy atom. The predicted molar refractivity (Wildman–Crippen MR) is 96.5 cm³/mol. The zero-order valence-corrected chi connectivity index (χ0v) is 15.3. The zero-order chi connectivity index (χ0) is 18.6. The average molecular weight is 358 g/mol. The molecule has 0 aromatic heterocycles. The SMILES string of the molecule is Cc1ccccc1C1(CNC(=O)CCN2C(=O)CCC2=O)CCOCC1. The van der Waals surface area contributed by atoms with Gasteiger partial charge in [0.25, 0.3) is 0 Å². The second-order valence-electron chi connectivity index (χ2n) is 7.17. The number of hydrogen-bond donors (Lipinski definition) is 1. The predicted octanol–water partition coefficient (Wildman–Crippen LogP) is 1.70. The van der Waals surface area contributed by atoms with Crippen molar-refractivity contribution < 1.29 is 19.1 Å². The number of ether oxygens (including phenoxy) is 1. The molecule has 140 valence electrons. The van der Waals surface area contributed by atoms with Crippen molar-refractivity contribution in [1.82, 2.24) is 10.2 Å². The van der Waals surface area contributed by atoms with E-state index in [1.807, 2.05) is 12.1 Å². The van der Waals surface area contributed by atoms with Crippen LogP contribution < -0.4 is 5.32 Å². The summed E-state index contributed by atoms with van der Waals surface area (Å²) in [4.78, 5) is 36.8. The molecule has 0 unspecified atom stereocenters. The number of amides is 3.